The van der Waals surface area contributed by atoms with Gasteiger partial charge in [-0.25, -0.2) is 0 Å². The molecule has 1 rings (SSSR count). The van der Waals surface area contributed by atoms with E-state index in [9.17, 15) is 0 Å². The Balaban J connectivity index is 2.71. The second-order valence-corrected chi connectivity index (χ2v) is 5.92. The first-order valence-corrected chi connectivity index (χ1v) is 6.53. The first kappa shape index (κ1) is 13.9. The van der Waals surface area contributed by atoms with Crippen molar-refractivity contribution in [3.8, 4) is 0 Å². The van der Waals surface area contributed by atoms with Gasteiger partial charge in [0, 0.05) is 26.2 Å². The average molecular weight is 228 g/mol. The van der Waals surface area contributed by atoms with Crippen molar-refractivity contribution in [2.75, 3.05) is 32.8 Å². The molecule has 0 amide bonds. The fourth-order valence-corrected chi connectivity index (χ4v) is 2.48. The third kappa shape index (κ3) is 3.44. The molecule has 0 aromatic carbocycles. The molecule has 0 bridgehead atoms. The molecule has 1 aliphatic rings. The van der Waals surface area contributed by atoms with Crippen LogP contribution in [0.15, 0.2) is 0 Å². The zero-order valence-corrected chi connectivity index (χ0v) is 11.3. The molecule has 0 aliphatic carbocycles. The molecule has 3 nitrogen and oxygen atoms in total. The Hall–Kier alpha value is -0.120. The second kappa shape index (κ2) is 5.99. The van der Waals surface area contributed by atoms with E-state index < -0.39 is 0 Å². The summed E-state index contributed by atoms with van der Waals surface area (Å²) in [5.74, 6) is 1.37. The van der Waals surface area contributed by atoms with Crippen LogP contribution in [0.4, 0.5) is 0 Å². The van der Waals surface area contributed by atoms with E-state index in [0.717, 1.165) is 32.7 Å². The van der Waals surface area contributed by atoms with Crippen molar-refractivity contribution in [1.29, 1.82) is 0 Å². The van der Waals surface area contributed by atoms with Gasteiger partial charge in [0.1, 0.15) is 0 Å². The minimum absolute atomic E-state index is 0.106. The standard InChI is InChI=1S/C13H28N2O/c1-11(2)7-15(8-12(3)4)13(9-14)5-6-16-10-13/h11-12H,5-10,14H2,1-4H3. The summed E-state index contributed by atoms with van der Waals surface area (Å²) >= 11 is 0. The number of rotatable bonds is 6. The highest BCUT2D eigenvalue weighted by atomic mass is 16.5. The molecule has 2 N–H and O–H groups in total. The summed E-state index contributed by atoms with van der Waals surface area (Å²) in [5, 5.41) is 0. The summed E-state index contributed by atoms with van der Waals surface area (Å²) in [5.41, 5.74) is 6.11. The van der Waals surface area contributed by atoms with Gasteiger partial charge in [-0.2, -0.15) is 0 Å². The first-order valence-electron chi connectivity index (χ1n) is 6.53. The van der Waals surface area contributed by atoms with Crippen molar-refractivity contribution in [1.82, 2.24) is 4.90 Å². The summed E-state index contributed by atoms with van der Waals surface area (Å²) < 4.78 is 5.57. The fourth-order valence-electron chi connectivity index (χ4n) is 2.48. The van der Waals surface area contributed by atoms with Crippen molar-refractivity contribution in [3.05, 3.63) is 0 Å². The molecule has 1 saturated heterocycles. The largest absolute Gasteiger partial charge is 0.379 e. The smallest absolute Gasteiger partial charge is 0.0663 e. The highest BCUT2D eigenvalue weighted by Crippen LogP contribution is 2.27. The van der Waals surface area contributed by atoms with E-state index in [2.05, 4.69) is 32.6 Å². The normalized spacial score (nSPS) is 26.2. The molecule has 1 unspecified atom stereocenters. The van der Waals surface area contributed by atoms with Crippen LogP contribution in [0.25, 0.3) is 0 Å². The van der Waals surface area contributed by atoms with E-state index in [0.29, 0.717) is 18.4 Å². The first-order chi connectivity index (χ1) is 7.50. The Labute approximate surface area is 100 Å². The molecule has 1 fully saturated rings. The molecule has 3 heteroatoms. The minimum Gasteiger partial charge on any atom is -0.379 e. The molecule has 0 aromatic rings. The lowest BCUT2D eigenvalue weighted by Gasteiger charge is -2.41. The van der Waals surface area contributed by atoms with Gasteiger partial charge in [-0.15, -0.1) is 0 Å². The molecule has 1 aliphatic heterocycles. The maximum absolute atomic E-state index is 6.00. The topological polar surface area (TPSA) is 38.5 Å². The number of ether oxygens (including phenoxy) is 1. The van der Waals surface area contributed by atoms with Crippen LogP contribution in [0, 0.1) is 11.8 Å². The lowest BCUT2D eigenvalue weighted by atomic mass is 9.93. The Bertz CT molecular complexity index is 188. The van der Waals surface area contributed by atoms with Gasteiger partial charge in [0.15, 0.2) is 0 Å². The van der Waals surface area contributed by atoms with Crippen molar-refractivity contribution >= 4 is 0 Å². The van der Waals surface area contributed by atoms with E-state index >= 15 is 0 Å². The Morgan fingerprint density at radius 3 is 2.06 bits per heavy atom. The van der Waals surface area contributed by atoms with Crippen LogP contribution in [-0.4, -0.2) is 43.3 Å². The summed E-state index contributed by atoms with van der Waals surface area (Å²) in [6.07, 6.45) is 1.09. The monoisotopic (exact) mass is 228 g/mol. The van der Waals surface area contributed by atoms with Crippen LogP contribution >= 0.6 is 0 Å². The minimum atomic E-state index is 0.106. The molecule has 0 spiro atoms. The SMILES string of the molecule is CC(C)CN(CC(C)C)C1(CN)CCOC1. The third-order valence-corrected chi connectivity index (χ3v) is 3.30. The van der Waals surface area contributed by atoms with Crippen LogP contribution in [0.3, 0.4) is 0 Å². The molecule has 16 heavy (non-hydrogen) atoms. The van der Waals surface area contributed by atoms with Gasteiger partial charge >= 0.3 is 0 Å². The van der Waals surface area contributed by atoms with Gasteiger partial charge < -0.3 is 10.5 Å². The van der Waals surface area contributed by atoms with Crippen LogP contribution in [0.2, 0.25) is 0 Å². The predicted octanol–water partition coefficient (Wildman–Crippen LogP) is 1.72. The predicted molar refractivity (Wildman–Crippen MR) is 68.5 cm³/mol. The van der Waals surface area contributed by atoms with Crippen molar-refractivity contribution in [2.45, 2.75) is 39.7 Å². The molecule has 1 atom stereocenters. The van der Waals surface area contributed by atoms with Crippen LogP contribution in [-0.2, 0) is 4.74 Å². The number of hydrogen-bond donors (Lipinski definition) is 1. The maximum atomic E-state index is 6.00. The lowest BCUT2D eigenvalue weighted by Crippen LogP contribution is -2.56. The summed E-state index contributed by atoms with van der Waals surface area (Å²) in [4.78, 5) is 2.56. The van der Waals surface area contributed by atoms with E-state index in [-0.39, 0.29) is 5.54 Å². The van der Waals surface area contributed by atoms with Gasteiger partial charge in [-0.05, 0) is 18.3 Å². The van der Waals surface area contributed by atoms with Crippen molar-refractivity contribution in [3.63, 3.8) is 0 Å². The van der Waals surface area contributed by atoms with Crippen molar-refractivity contribution in [2.24, 2.45) is 17.6 Å². The molecular formula is C13H28N2O. The van der Waals surface area contributed by atoms with E-state index in [4.69, 9.17) is 10.5 Å². The maximum Gasteiger partial charge on any atom is 0.0663 e. The van der Waals surface area contributed by atoms with E-state index in [1.807, 2.05) is 0 Å². The van der Waals surface area contributed by atoms with Crippen LogP contribution < -0.4 is 5.73 Å². The molecule has 0 saturated carbocycles. The highest BCUT2D eigenvalue weighted by Gasteiger charge is 2.39. The van der Waals surface area contributed by atoms with E-state index in [1.54, 1.807) is 0 Å². The zero-order valence-electron chi connectivity index (χ0n) is 11.3. The third-order valence-electron chi connectivity index (χ3n) is 3.30. The van der Waals surface area contributed by atoms with Crippen LogP contribution in [0.1, 0.15) is 34.1 Å². The number of hydrogen-bond acceptors (Lipinski definition) is 3. The Kier molecular flexibility index (Phi) is 5.22. The van der Waals surface area contributed by atoms with Gasteiger partial charge in [-0.1, -0.05) is 27.7 Å². The van der Waals surface area contributed by atoms with Gasteiger partial charge in [-0.3, -0.25) is 4.90 Å². The average Bonchev–Trinajstić information content (AvgIpc) is 2.64. The molecule has 0 aromatic heterocycles. The highest BCUT2D eigenvalue weighted by molar-refractivity contribution is 4.95. The number of nitrogens with two attached hydrogens (primary N) is 1. The summed E-state index contributed by atoms with van der Waals surface area (Å²) in [6, 6.07) is 0. The van der Waals surface area contributed by atoms with Crippen LogP contribution in [0.5, 0.6) is 0 Å². The van der Waals surface area contributed by atoms with Gasteiger partial charge in [0.2, 0.25) is 0 Å². The zero-order chi connectivity index (χ0) is 12.2. The molecular weight excluding hydrogens is 200 g/mol. The molecule has 0 radical (unpaired) electrons. The Morgan fingerprint density at radius 2 is 1.75 bits per heavy atom. The second-order valence-electron chi connectivity index (χ2n) is 5.92. The van der Waals surface area contributed by atoms with E-state index in [1.165, 1.54) is 0 Å². The quantitative estimate of drug-likeness (QED) is 0.752. The summed E-state index contributed by atoms with van der Waals surface area (Å²) in [7, 11) is 0. The van der Waals surface area contributed by atoms with Crippen molar-refractivity contribution < 1.29 is 4.74 Å². The van der Waals surface area contributed by atoms with Gasteiger partial charge in [0.05, 0.1) is 12.1 Å². The molecule has 96 valence electrons. The lowest BCUT2D eigenvalue weighted by molar-refractivity contribution is 0.0525. The summed E-state index contributed by atoms with van der Waals surface area (Å²) in [6.45, 7) is 13.7. The molecule has 1 heterocycles. The van der Waals surface area contributed by atoms with Gasteiger partial charge in [0.25, 0.3) is 0 Å². The Morgan fingerprint density at radius 1 is 1.19 bits per heavy atom. The fraction of sp³-hybridized carbons (Fsp3) is 1.00. The number of nitrogens with zero attached hydrogens (tertiary/aromatic N) is 1.